The number of benzene rings is 1. The molecule has 0 unspecified atom stereocenters. The topological polar surface area (TPSA) is 41.6 Å². The van der Waals surface area contributed by atoms with Crippen LogP contribution in [0.2, 0.25) is 5.02 Å². The highest BCUT2D eigenvalue weighted by Crippen LogP contribution is 2.22. The van der Waals surface area contributed by atoms with E-state index in [1.807, 2.05) is 25.1 Å². The molecule has 1 heterocycles. The van der Waals surface area contributed by atoms with Gasteiger partial charge in [0.2, 0.25) is 5.91 Å². The second kappa shape index (κ2) is 7.78. The molecule has 1 aromatic carbocycles. The second-order valence-corrected chi connectivity index (χ2v) is 6.00. The molecule has 1 fully saturated rings. The highest BCUT2D eigenvalue weighted by Gasteiger charge is 2.20. The minimum atomic E-state index is -0.0264. The standard InChI is InChI=1S/C16H23ClN2O2/c1-3-19(9-13-6-7-21-11-13)10-16(20)18-15-5-4-12(2)8-14(15)17/h4-5,8,13H,3,6-7,9-11H2,1-2H3,(H,18,20)/t13-/m0/s1. The molecule has 0 aromatic heterocycles. The van der Waals surface area contributed by atoms with Crippen molar-refractivity contribution in [2.24, 2.45) is 5.92 Å². The number of halogens is 1. The minimum absolute atomic E-state index is 0.0264. The maximum atomic E-state index is 12.2. The lowest BCUT2D eigenvalue weighted by atomic mass is 10.1. The maximum Gasteiger partial charge on any atom is 0.238 e. The third kappa shape index (κ3) is 4.99. The summed E-state index contributed by atoms with van der Waals surface area (Å²) < 4.78 is 5.39. The number of hydrogen-bond acceptors (Lipinski definition) is 3. The number of carbonyl (C=O) groups excluding carboxylic acids is 1. The Morgan fingerprint density at radius 1 is 1.52 bits per heavy atom. The lowest BCUT2D eigenvalue weighted by Gasteiger charge is -2.22. The van der Waals surface area contributed by atoms with Crippen molar-refractivity contribution in [2.45, 2.75) is 20.3 Å². The third-order valence-electron chi connectivity index (χ3n) is 3.75. The SMILES string of the molecule is CCN(CC(=O)Nc1ccc(C)cc1Cl)C[C@@H]1CCOC1. The summed E-state index contributed by atoms with van der Waals surface area (Å²) in [5, 5.41) is 3.46. The van der Waals surface area contributed by atoms with Gasteiger partial charge >= 0.3 is 0 Å². The molecule has 2 rings (SSSR count). The summed E-state index contributed by atoms with van der Waals surface area (Å²) >= 11 is 6.14. The van der Waals surface area contributed by atoms with Crippen LogP contribution >= 0.6 is 11.6 Å². The van der Waals surface area contributed by atoms with Crippen molar-refractivity contribution in [3.63, 3.8) is 0 Å². The smallest absolute Gasteiger partial charge is 0.238 e. The molecule has 21 heavy (non-hydrogen) atoms. The zero-order valence-electron chi connectivity index (χ0n) is 12.7. The van der Waals surface area contributed by atoms with Gasteiger partial charge in [-0.25, -0.2) is 0 Å². The summed E-state index contributed by atoms with van der Waals surface area (Å²) in [6, 6.07) is 5.64. The summed E-state index contributed by atoms with van der Waals surface area (Å²) in [4.78, 5) is 14.3. The Hall–Kier alpha value is -1.10. The maximum absolute atomic E-state index is 12.2. The van der Waals surface area contributed by atoms with Gasteiger partial charge in [0.25, 0.3) is 0 Å². The fourth-order valence-electron chi connectivity index (χ4n) is 2.51. The number of likely N-dealkylation sites (N-methyl/N-ethyl adjacent to an activating group) is 1. The Labute approximate surface area is 131 Å². The molecule has 1 amide bonds. The summed E-state index contributed by atoms with van der Waals surface area (Å²) in [5.41, 5.74) is 1.75. The van der Waals surface area contributed by atoms with E-state index >= 15 is 0 Å². The van der Waals surface area contributed by atoms with Gasteiger partial charge in [0.05, 0.1) is 23.9 Å². The van der Waals surface area contributed by atoms with Gasteiger partial charge in [0, 0.05) is 13.2 Å². The average Bonchev–Trinajstić information content (AvgIpc) is 2.94. The molecule has 1 aromatic rings. The van der Waals surface area contributed by atoms with Gasteiger partial charge in [-0.2, -0.15) is 0 Å². The minimum Gasteiger partial charge on any atom is -0.381 e. The first-order valence-corrected chi connectivity index (χ1v) is 7.82. The van der Waals surface area contributed by atoms with E-state index in [0.29, 0.717) is 23.2 Å². The number of amides is 1. The van der Waals surface area contributed by atoms with Crippen molar-refractivity contribution >= 4 is 23.2 Å². The fourth-order valence-corrected chi connectivity index (χ4v) is 2.79. The van der Waals surface area contributed by atoms with Crippen molar-refractivity contribution in [3.05, 3.63) is 28.8 Å². The van der Waals surface area contributed by atoms with Crippen molar-refractivity contribution in [3.8, 4) is 0 Å². The van der Waals surface area contributed by atoms with Crippen LogP contribution in [0.25, 0.3) is 0 Å². The van der Waals surface area contributed by atoms with Crippen molar-refractivity contribution in [1.82, 2.24) is 4.90 Å². The van der Waals surface area contributed by atoms with E-state index in [0.717, 1.165) is 38.3 Å². The Bertz CT molecular complexity index is 487. The number of nitrogens with zero attached hydrogens (tertiary/aromatic N) is 1. The summed E-state index contributed by atoms with van der Waals surface area (Å²) in [5.74, 6) is 0.516. The Morgan fingerprint density at radius 2 is 2.33 bits per heavy atom. The van der Waals surface area contributed by atoms with Crippen molar-refractivity contribution in [2.75, 3.05) is 38.2 Å². The number of anilines is 1. The Balaban J connectivity index is 1.86. The molecule has 0 radical (unpaired) electrons. The molecule has 1 atom stereocenters. The molecule has 0 bridgehead atoms. The van der Waals surface area contributed by atoms with Gasteiger partial charge < -0.3 is 10.1 Å². The van der Waals surface area contributed by atoms with Crippen LogP contribution < -0.4 is 5.32 Å². The molecule has 0 aliphatic carbocycles. The average molecular weight is 311 g/mol. The number of ether oxygens (including phenoxy) is 1. The first-order chi connectivity index (χ1) is 10.1. The number of rotatable bonds is 6. The molecule has 0 spiro atoms. The van der Waals surface area contributed by atoms with E-state index in [1.165, 1.54) is 0 Å². The van der Waals surface area contributed by atoms with Gasteiger partial charge in [0.15, 0.2) is 0 Å². The fraction of sp³-hybridized carbons (Fsp3) is 0.562. The lowest BCUT2D eigenvalue weighted by Crippen LogP contribution is -2.36. The summed E-state index contributed by atoms with van der Waals surface area (Å²) in [6.45, 7) is 7.84. The zero-order chi connectivity index (χ0) is 15.2. The molecule has 0 saturated carbocycles. The first kappa shape index (κ1) is 16.3. The predicted octanol–water partition coefficient (Wildman–Crippen LogP) is 2.95. The van der Waals surface area contributed by atoms with Crippen LogP contribution in [0.4, 0.5) is 5.69 Å². The largest absolute Gasteiger partial charge is 0.381 e. The van der Waals surface area contributed by atoms with Crippen LogP contribution in [0, 0.1) is 12.8 Å². The number of hydrogen-bond donors (Lipinski definition) is 1. The van der Waals surface area contributed by atoms with Gasteiger partial charge in [-0.1, -0.05) is 24.6 Å². The highest BCUT2D eigenvalue weighted by molar-refractivity contribution is 6.33. The lowest BCUT2D eigenvalue weighted by molar-refractivity contribution is -0.117. The van der Waals surface area contributed by atoms with E-state index in [-0.39, 0.29) is 5.91 Å². The quantitative estimate of drug-likeness (QED) is 0.878. The van der Waals surface area contributed by atoms with Crippen molar-refractivity contribution < 1.29 is 9.53 Å². The van der Waals surface area contributed by atoms with Crippen LogP contribution in [0.15, 0.2) is 18.2 Å². The van der Waals surface area contributed by atoms with Crippen LogP contribution in [0.3, 0.4) is 0 Å². The van der Waals surface area contributed by atoms with E-state index in [4.69, 9.17) is 16.3 Å². The third-order valence-corrected chi connectivity index (χ3v) is 4.07. The van der Waals surface area contributed by atoms with Crippen LogP contribution in [0.5, 0.6) is 0 Å². The molecule has 1 aliphatic heterocycles. The number of aryl methyl sites for hydroxylation is 1. The predicted molar refractivity (Wildman–Crippen MR) is 85.9 cm³/mol. The molecule has 1 aliphatic rings. The van der Waals surface area contributed by atoms with Crippen LogP contribution in [0.1, 0.15) is 18.9 Å². The molecule has 5 heteroatoms. The molecule has 1 saturated heterocycles. The molecule has 4 nitrogen and oxygen atoms in total. The van der Waals surface area contributed by atoms with Crippen LogP contribution in [-0.4, -0.2) is 43.7 Å². The second-order valence-electron chi connectivity index (χ2n) is 5.59. The molecule has 116 valence electrons. The number of carbonyl (C=O) groups is 1. The van der Waals surface area contributed by atoms with E-state index in [9.17, 15) is 4.79 Å². The zero-order valence-corrected chi connectivity index (χ0v) is 13.4. The Morgan fingerprint density at radius 3 is 2.95 bits per heavy atom. The van der Waals surface area contributed by atoms with Crippen LogP contribution in [-0.2, 0) is 9.53 Å². The summed E-state index contributed by atoms with van der Waals surface area (Å²) in [7, 11) is 0. The van der Waals surface area contributed by atoms with E-state index in [1.54, 1.807) is 0 Å². The van der Waals surface area contributed by atoms with Crippen molar-refractivity contribution in [1.29, 1.82) is 0 Å². The first-order valence-electron chi connectivity index (χ1n) is 7.44. The molecular weight excluding hydrogens is 288 g/mol. The van der Waals surface area contributed by atoms with Gasteiger partial charge in [0.1, 0.15) is 0 Å². The van der Waals surface area contributed by atoms with E-state index in [2.05, 4.69) is 17.1 Å². The Kier molecular flexibility index (Phi) is 6.03. The summed E-state index contributed by atoms with van der Waals surface area (Å²) in [6.07, 6.45) is 1.09. The van der Waals surface area contributed by atoms with Gasteiger partial charge in [-0.05, 0) is 43.5 Å². The molecule has 1 N–H and O–H groups in total. The number of nitrogens with one attached hydrogen (secondary N) is 1. The highest BCUT2D eigenvalue weighted by atomic mass is 35.5. The van der Waals surface area contributed by atoms with Gasteiger partial charge in [-0.15, -0.1) is 0 Å². The van der Waals surface area contributed by atoms with E-state index < -0.39 is 0 Å². The van der Waals surface area contributed by atoms with Gasteiger partial charge in [-0.3, -0.25) is 9.69 Å². The normalized spacial score (nSPS) is 18.2. The monoisotopic (exact) mass is 310 g/mol. The molecular formula is C16H23ClN2O2.